The van der Waals surface area contributed by atoms with Crippen LogP contribution in [0.4, 0.5) is 0 Å². The lowest BCUT2D eigenvalue weighted by molar-refractivity contribution is 0.338. The van der Waals surface area contributed by atoms with Crippen LogP contribution in [0.25, 0.3) is 0 Å². The van der Waals surface area contributed by atoms with Gasteiger partial charge < -0.3 is 28.4 Å². The van der Waals surface area contributed by atoms with Gasteiger partial charge in [-0.15, -0.1) is 0 Å². The zero-order valence-corrected chi connectivity index (χ0v) is 24.0. The summed E-state index contributed by atoms with van der Waals surface area (Å²) in [5, 5.41) is 0. The predicted octanol–water partition coefficient (Wildman–Crippen LogP) is 10.2. The first kappa shape index (κ1) is 28.4. The van der Waals surface area contributed by atoms with E-state index in [-0.39, 0.29) is 0 Å². The maximum atomic E-state index is 6.33. The molecule has 0 unspecified atom stereocenters. The summed E-state index contributed by atoms with van der Waals surface area (Å²) < 4.78 is 35.8. The quantitative estimate of drug-likeness (QED) is 0.142. The average molecular weight is 563 g/mol. The van der Waals surface area contributed by atoms with E-state index in [2.05, 4.69) is 6.92 Å². The Morgan fingerprint density at radius 2 is 0.738 bits per heavy atom. The number of benzene rings is 5. The minimum Gasteiger partial charge on any atom is -0.494 e. The Bertz CT molecular complexity index is 1610. The molecule has 5 rings (SSSR count). The van der Waals surface area contributed by atoms with E-state index in [0.29, 0.717) is 59.2 Å². The second-order valence-electron chi connectivity index (χ2n) is 9.30. The van der Waals surface area contributed by atoms with Gasteiger partial charge >= 0.3 is 0 Å². The van der Waals surface area contributed by atoms with Gasteiger partial charge in [-0.05, 0) is 80.4 Å². The summed E-state index contributed by atoms with van der Waals surface area (Å²) in [6.45, 7) is 7.19. The average Bonchev–Trinajstić information content (AvgIpc) is 2.99. The number of ether oxygens (including phenoxy) is 6. The van der Waals surface area contributed by atoms with E-state index in [1.54, 1.807) is 0 Å². The highest BCUT2D eigenvalue weighted by Gasteiger charge is 2.10. The smallest absolute Gasteiger partial charge is 0.134 e. The molecule has 6 nitrogen and oxygen atoms in total. The van der Waals surface area contributed by atoms with Crippen molar-refractivity contribution in [2.24, 2.45) is 0 Å². The highest BCUT2D eigenvalue weighted by molar-refractivity contribution is 5.47. The Hall–Kier alpha value is -5.10. The van der Waals surface area contributed by atoms with Gasteiger partial charge in [0, 0.05) is 30.3 Å². The van der Waals surface area contributed by atoms with Gasteiger partial charge in [0.2, 0.25) is 0 Å². The summed E-state index contributed by atoms with van der Waals surface area (Å²) in [6, 6.07) is 36.1. The van der Waals surface area contributed by atoms with Crippen LogP contribution in [0, 0.1) is 0 Å². The first-order chi connectivity index (χ1) is 20.6. The molecule has 0 aromatic heterocycles. The molecular formula is C36H34O6. The molecule has 0 aliphatic heterocycles. The van der Waals surface area contributed by atoms with Crippen LogP contribution >= 0.6 is 0 Å². The van der Waals surface area contributed by atoms with E-state index in [9.17, 15) is 0 Å². The standard InChI is InChI=1S/C36H34O6/c1-4-26-19-20-35(41-32-16-9-15-31(23-32)39-29-13-7-11-27(21-29)37-5-2)25-36(26)42-34-18-10-17-33(24-34)40-30-14-8-12-28(22-30)38-6-3/h7-25H,4-6H2,1-3H3. The van der Waals surface area contributed by atoms with Crippen molar-refractivity contribution in [2.75, 3.05) is 13.2 Å². The first-order valence-electron chi connectivity index (χ1n) is 14.1. The summed E-state index contributed by atoms with van der Waals surface area (Å²) in [5.41, 5.74) is 1.06. The molecule has 0 heterocycles. The lowest BCUT2D eigenvalue weighted by Crippen LogP contribution is -1.94. The van der Waals surface area contributed by atoms with Gasteiger partial charge in [0.05, 0.1) is 13.2 Å². The number of aryl methyl sites for hydroxylation is 1. The summed E-state index contributed by atoms with van der Waals surface area (Å²) >= 11 is 0. The van der Waals surface area contributed by atoms with E-state index in [0.717, 1.165) is 23.5 Å². The molecule has 5 aromatic carbocycles. The Labute approximate surface area is 247 Å². The van der Waals surface area contributed by atoms with E-state index in [1.165, 1.54) is 0 Å². The van der Waals surface area contributed by atoms with Crippen LogP contribution < -0.4 is 28.4 Å². The number of rotatable bonds is 13. The van der Waals surface area contributed by atoms with E-state index in [1.807, 2.05) is 129 Å². The van der Waals surface area contributed by atoms with Crippen LogP contribution in [0.15, 0.2) is 115 Å². The summed E-state index contributed by atoms with van der Waals surface area (Å²) in [6.07, 6.45) is 0.806. The second-order valence-corrected chi connectivity index (χ2v) is 9.30. The van der Waals surface area contributed by atoms with Crippen molar-refractivity contribution in [3.63, 3.8) is 0 Å². The fourth-order valence-electron chi connectivity index (χ4n) is 4.31. The van der Waals surface area contributed by atoms with Crippen molar-refractivity contribution < 1.29 is 28.4 Å². The summed E-state index contributed by atoms with van der Waals surface area (Å²) in [4.78, 5) is 0. The van der Waals surface area contributed by atoms with Gasteiger partial charge in [-0.3, -0.25) is 0 Å². The number of hydrogen-bond donors (Lipinski definition) is 0. The lowest BCUT2D eigenvalue weighted by atomic mass is 10.1. The van der Waals surface area contributed by atoms with Crippen LogP contribution in [-0.4, -0.2) is 13.2 Å². The SMILES string of the molecule is CCOc1cccc(Oc2cccc(Oc3ccc(CC)c(Oc4cccc(Oc5cccc(OCC)c5)c4)c3)c2)c1. The Morgan fingerprint density at radius 1 is 0.381 bits per heavy atom. The van der Waals surface area contributed by atoms with Crippen LogP contribution in [-0.2, 0) is 6.42 Å². The first-order valence-corrected chi connectivity index (χ1v) is 14.1. The van der Waals surface area contributed by atoms with Gasteiger partial charge in [-0.25, -0.2) is 0 Å². The lowest BCUT2D eigenvalue weighted by Gasteiger charge is -2.14. The van der Waals surface area contributed by atoms with E-state index in [4.69, 9.17) is 28.4 Å². The normalized spacial score (nSPS) is 10.5. The molecule has 6 heteroatoms. The minimum absolute atomic E-state index is 0.595. The van der Waals surface area contributed by atoms with Gasteiger partial charge in [0.1, 0.15) is 57.5 Å². The molecule has 5 aromatic rings. The second kappa shape index (κ2) is 14.0. The third-order valence-corrected chi connectivity index (χ3v) is 6.20. The Kier molecular flexibility index (Phi) is 9.47. The zero-order valence-electron chi connectivity index (χ0n) is 24.0. The molecule has 0 spiro atoms. The molecule has 0 atom stereocenters. The van der Waals surface area contributed by atoms with Crippen LogP contribution in [0.2, 0.25) is 0 Å². The third kappa shape index (κ3) is 7.76. The van der Waals surface area contributed by atoms with Crippen LogP contribution in [0.3, 0.4) is 0 Å². The topological polar surface area (TPSA) is 55.4 Å². The van der Waals surface area contributed by atoms with Crippen molar-refractivity contribution in [1.29, 1.82) is 0 Å². The van der Waals surface area contributed by atoms with Gasteiger partial charge in [0.15, 0.2) is 0 Å². The van der Waals surface area contributed by atoms with Crippen molar-refractivity contribution in [1.82, 2.24) is 0 Å². The fourth-order valence-corrected chi connectivity index (χ4v) is 4.31. The Morgan fingerprint density at radius 3 is 1.14 bits per heavy atom. The van der Waals surface area contributed by atoms with Gasteiger partial charge in [0.25, 0.3) is 0 Å². The number of hydrogen-bond acceptors (Lipinski definition) is 6. The maximum absolute atomic E-state index is 6.33. The van der Waals surface area contributed by atoms with Crippen LogP contribution in [0.1, 0.15) is 26.3 Å². The molecule has 214 valence electrons. The summed E-state index contributed by atoms with van der Waals surface area (Å²) in [5.74, 6) is 6.90. The molecule has 42 heavy (non-hydrogen) atoms. The molecule has 0 N–H and O–H groups in total. The monoisotopic (exact) mass is 562 g/mol. The summed E-state index contributed by atoms with van der Waals surface area (Å²) in [7, 11) is 0. The molecule has 0 saturated heterocycles. The minimum atomic E-state index is 0.595. The van der Waals surface area contributed by atoms with Crippen LogP contribution in [0.5, 0.6) is 57.5 Å². The molecule has 0 aliphatic rings. The highest BCUT2D eigenvalue weighted by atomic mass is 16.5. The van der Waals surface area contributed by atoms with Gasteiger partial charge in [-0.2, -0.15) is 0 Å². The maximum Gasteiger partial charge on any atom is 0.134 e. The molecule has 0 fully saturated rings. The molecule has 0 amide bonds. The largest absolute Gasteiger partial charge is 0.494 e. The van der Waals surface area contributed by atoms with Crippen molar-refractivity contribution in [2.45, 2.75) is 27.2 Å². The molecule has 0 saturated carbocycles. The van der Waals surface area contributed by atoms with Crippen molar-refractivity contribution >= 4 is 0 Å². The molecule has 0 radical (unpaired) electrons. The third-order valence-electron chi connectivity index (χ3n) is 6.20. The molecule has 0 aliphatic carbocycles. The highest BCUT2D eigenvalue weighted by Crippen LogP contribution is 2.35. The van der Waals surface area contributed by atoms with Crippen molar-refractivity contribution in [3.8, 4) is 57.5 Å². The van der Waals surface area contributed by atoms with E-state index < -0.39 is 0 Å². The Balaban J connectivity index is 1.29. The molecular weight excluding hydrogens is 528 g/mol. The fraction of sp³-hybridized carbons (Fsp3) is 0.167. The zero-order chi connectivity index (χ0) is 29.1. The van der Waals surface area contributed by atoms with Gasteiger partial charge in [-0.1, -0.05) is 37.3 Å². The molecule has 0 bridgehead atoms. The van der Waals surface area contributed by atoms with Crippen molar-refractivity contribution in [3.05, 3.63) is 121 Å². The van der Waals surface area contributed by atoms with E-state index >= 15 is 0 Å². The predicted molar refractivity (Wildman–Crippen MR) is 164 cm³/mol.